The number of hydrogen-bond donors (Lipinski definition) is 2. The Labute approximate surface area is 171 Å². The molecule has 4 unspecified atom stereocenters. The Morgan fingerprint density at radius 1 is 1.38 bits per heavy atom. The average molecular weight is 468 g/mol. The van der Waals surface area contributed by atoms with E-state index < -0.39 is 67.1 Å². The van der Waals surface area contributed by atoms with E-state index in [1.54, 1.807) is 13.8 Å². The molecule has 0 aromatic carbocycles. The Morgan fingerprint density at radius 3 is 2.52 bits per heavy atom. The number of nitrogens with zero attached hydrogens (tertiary/aromatic N) is 1. The third kappa shape index (κ3) is 4.66. The van der Waals surface area contributed by atoms with Crippen molar-refractivity contribution < 1.29 is 33.2 Å². The summed E-state index contributed by atoms with van der Waals surface area (Å²) in [7, 11) is -3.28. The Hall–Kier alpha value is -0.680. The van der Waals surface area contributed by atoms with Crippen LogP contribution in [0, 0.1) is 5.92 Å². The van der Waals surface area contributed by atoms with Gasteiger partial charge in [0.2, 0.25) is 0 Å². The van der Waals surface area contributed by atoms with Gasteiger partial charge >= 0.3 is 5.69 Å². The van der Waals surface area contributed by atoms with Crippen LogP contribution in [0.25, 0.3) is 0 Å². The first-order valence-corrected chi connectivity index (χ1v) is 13.2. The number of aromatic amines is 1. The van der Waals surface area contributed by atoms with E-state index in [4.69, 9.17) is 25.8 Å². The van der Waals surface area contributed by atoms with Crippen LogP contribution in [0.1, 0.15) is 26.5 Å². The molecule has 164 valence electrons. The van der Waals surface area contributed by atoms with E-state index in [1.165, 1.54) is 13.3 Å². The quantitative estimate of drug-likeness (QED) is 0.467. The highest BCUT2D eigenvalue weighted by atomic mass is 32.5. The number of aromatic nitrogens is 2. The molecule has 1 aromatic rings. The van der Waals surface area contributed by atoms with Crippen LogP contribution < -0.4 is 21.0 Å². The second-order valence-corrected chi connectivity index (χ2v) is 13.1. The monoisotopic (exact) mass is 468 g/mol. The number of rotatable bonds is 7. The fourth-order valence-corrected chi connectivity index (χ4v) is 5.74. The van der Waals surface area contributed by atoms with Gasteiger partial charge in [0.15, 0.2) is 6.23 Å². The van der Waals surface area contributed by atoms with Crippen molar-refractivity contribution in [2.75, 3.05) is 7.11 Å². The molecule has 11 nitrogen and oxygen atoms in total. The second kappa shape index (κ2) is 8.11. The molecule has 8 atom stereocenters. The van der Waals surface area contributed by atoms with Gasteiger partial charge in [0, 0.05) is 25.0 Å². The van der Waals surface area contributed by atoms with Crippen molar-refractivity contribution in [3.8, 4) is 0 Å². The molecule has 2 fully saturated rings. The minimum Gasteiger partial charge on any atom is -0.800 e. The highest BCUT2D eigenvalue weighted by Crippen LogP contribution is 2.60. The molecule has 29 heavy (non-hydrogen) atoms. The van der Waals surface area contributed by atoms with Gasteiger partial charge in [0.1, 0.15) is 19.8 Å². The van der Waals surface area contributed by atoms with Crippen molar-refractivity contribution in [2.24, 2.45) is 5.92 Å². The molecule has 2 N–H and O–H groups in total. The lowest BCUT2D eigenvalue weighted by Gasteiger charge is -2.37. The Morgan fingerprint density at radius 2 is 2.03 bits per heavy atom. The smallest absolute Gasteiger partial charge is 0.330 e. The average Bonchev–Trinajstić information content (AvgIpc) is 3.32. The molecule has 2 aliphatic rings. The van der Waals surface area contributed by atoms with Gasteiger partial charge in [0.05, 0.1) is 6.10 Å². The lowest BCUT2D eigenvalue weighted by molar-refractivity contribution is -0.194. The number of nitrogens with one attached hydrogen (secondary N) is 1. The van der Waals surface area contributed by atoms with E-state index in [9.17, 15) is 28.8 Å². The summed E-state index contributed by atoms with van der Waals surface area (Å²) in [5, 5.41) is 0. The standard InChI is InChI=1S/C15H24N2O9P2S/c1-7(2)28(23,29)26-12-11(8-6-9(8)27(20,21)22)25-14(13(12)24-3)17-5-4-10(18)16-15(17)19/h4-5,7-9,11-14H,6H2,1-3H3,(H,23,29)(H,16,18,19)(H2,20,21,22)/p-2/t8?,9?,11-,12+,13+,14-,28?/m1/s1. The number of hydrogen-bond acceptors (Lipinski definition) is 9. The molecule has 3 rings (SSSR count). The fraction of sp³-hybridized carbons (Fsp3) is 0.733. The van der Waals surface area contributed by atoms with E-state index in [1.807, 2.05) is 0 Å². The third-order valence-electron chi connectivity index (χ3n) is 5.17. The molecule has 1 saturated carbocycles. The summed E-state index contributed by atoms with van der Waals surface area (Å²) in [6.45, 7) is -0.286. The fourth-order valence-electron chi connectivity index (χ4n) is 3.45. The van der Waals surface area contributed by atoms with Crippen molar-refractivity contribution in [2.45, 2.75) is 56.1 Å². The van der Waals surface area contributed by atoms with E-state index in [0.29, 0.717) is 0 Å². The molecule has 14 heteroatoms. The Balaban J connectivity index is 1.99. The molecule has 0 bridgehead atoms. The maximum atomic E-state index is 12.8. The van der Waals surface area contributed by atoms with Gasteiger partial charge < -0.3 is 33.2 Å². The maximum absolute atomic E-state index is 12.8. The van der Waals surface area contributed by atoms with Gasteiger partial charge in [-0.2, -0.15) is 0 Å². The van der Waals surface area contributed by atoms with Crippen LogP contribution in [-0.2, 0) is 30.4 Å². The van der Waals surface area contributed by atoms with Crippen LogP contribution >= 0.6 is 14.1 Å². The molecule has 0 amide bonds. The van der Waals surface area contributed by atoms with Gasteiger partial charge in [-0.25, -0.2) is 4.79 Å². The predicted octanol–water partition coefficient (Wildman–Crippen LogP) is -1.15. The summed E-state index contributed by atoms with van der Waals surface area (Å²) in [5.41, 5.74) is -2.90. The van der Waals surface area contributed by atoms with Gasteiger partial charge in [-0.1, -0.05) is 25.7 Å². The molecule has 1 aliphatic carbocycles. The molecule has 2 heterocycles. The van der Waals surface area contributed by atoms with Crippen molar-refractivity contribution >= 4 is 25.9 Å². The SMILES string of the molecule is CO[C@H]1[C@@H](OP([O-])(=S)C(C)C)[C@@H](C2CC2P(=O)([O-])O)O[C@H]1n1ccc(=O)[nH]c1=O. The van der Waals surface area contributed by atoms with Crippen LogP contribution in [-0.4, -0.2) is 51.2 Å². The molecular weight excluding hydrogens is 446 g/mol. The molecule has 1 aromatic heterocycles. The Kier molecular flexibility index (Phi) is 6.43. The van der Waals surface area contributed by atoms with Crippen LogP contribution in [0.15, 0.2) is 21.9 Å². The highest BCUT2D eigenvalue weighted by Gasteiger charge is 2.59. The van der Waals surface area contributed by atoms with E-state index in [0.717, 1.165) is 10.6 Å². The lowest BCUT2D eigenvalue weighted by Crippen LogP contribution is -2.40. The third-order valence-corrected chi connectivity index (χ3v) is 9.93. The van der Waals surface area contributed by atoms with E-state index in [2.05, 4.69) is 4.98 Å². The number of methoxy groups -OCH3 is 1. The summed E-state index contributed by atoms with van der Waals surface area (Å²) in [4.78, 5) is 59.4. The lowest BCUT2D eigenvalue weighted by atomic mass is 10.1. The first-order valence-electron chi connectivity index (χ1n) is 8.89. The summed E-state index contributed by atoms with van der Waals surface area (Å²) in [6.07, 6.45) is -2.72. The zero-order valence-electron chi connectivity index (χ0n) is 15.9. The summed E-state index contributed by atoms with van der Waals surface area (Å²) in [6, 6.07) is 1.12. The van der Waals surface area contributed by atoms with Crippen LogP contribution in [0.5, 0.6) is 0 Å². The van der Waals surface area contributed by atoms with Gasteiger partial charge in [-0.15, -0.1) is 0 Å². The van der Waals surface area contributed by atoms with Gasteiger partial charge in [0.25, 0.3) is 5.56 Å². The van der Waals surface area contributed by atoms with Crippen LogP contribution in [0.3, 0.4) is 0 Å². The van der Waals surface area contributed by atoms with Crippen molar-refractivity contribution in [1.82, 2.24) is 9.55 Å². The zero-order chi connectivity index (χ0) is 21.7. The van der Waals surface area contributed by atoms with Gasteiger partial charge in [-0.05, 0) is 24.5 Å². The highest BCUT2D eigenvalue weighted by molar-refractivity contribution is 8.09. The second-order valence-electron chi connectivity index (χ2n) is 7.44. The molecule has 0 radical (unpaired) electrons. The van der Waals surface area contributed by atoms with Crippen molar-refractivity contribution in [1.29, 1.82) is 0 Å². The van der Waals surface area contributed by atoms with Crippen LogP contribution in [0.2, 0.25) is 0 Å². The van der Waals surface area contributed by atoms with E-state index in [-0.39, 0.29) is 6.42 Å². The van der Waals surface area contributed by atoms with Crippen molar-refractivity contribution in [3.05, 3.63) is 33.1 Å². The zero-order valence-corrected chi connectivity index (χ0v) is 18.5. The molecule has 1 aliphatic heterocycles. The maximum Gasteiger partial charge on any atom is 0.330 e. The topological polar surface area (TPSA) is 166 Å². The summed E-state index contributed by atoms with van der Waals surface area (Å²) < 4.78 is 29.7. The molecule has 1 saturated heterocycles. The van der Waals surface area contributed by atoms with Crippen molar-refractivity contribution in [3.63, 3.8) is 0 Å². The largest absolute Gasteiger partial charge is 0.800 e. The van der Waals surface area contributed by atoms with Gasteiger partial charge in [-0.3, -0.25) is 14.3 Å². The Bertz CT molecular complexity index is 973. The minimum absolute atomic E-state index is 0.120. The minimum atomic E-state index is -4.61. The van der Waals surface area contributed by atoms with Crippen LogP contribution in [0.4, 0.5) is 0 Å². The predicted molar refractivity (Wildman–Crippen MR) is 102 cm³/mol. The number of H-pyrrole nitrogens is 1. The normalized spacial score (nSPS) is 36.0. The first kappa shape index (κ1) is 23.0. The van der Waals surface area contributed by atoms with E-state index >= 15 is 0 Å². The summed E-state index contributed by atoms with van der Waals surface area (Å²) in [5.74, 6) is -0.642. The molecule has 0 spiro atoms. The molecular formula is C15H22N2O9P2S-2. The number of ether oxygens (including phenoxy) is 2. The first-order chi connectivity index (χ1) is 13.4. The summed E-state index contributed by atoms with van der Waals surface area (Å²) >= 11 is 5.11.